The number of benzene rings is 2. The fourth-order valence-corrected chi connectivity index (χ4v) is 4.31. The highest BCUT2D eigenvalue weighted by Crippen LogP contribution is 2.24. The minimum absolute atomic E-state index is 0.158. The largest absolute Gasteiger partial charge is 0.483 e. The number of aryl methyl sites for hydroxylation is 2. The number of carbonyl (C=O) groups excluding carboxylic acids is 2. The highest BCUT2D eigenvalue weighted by molar-refractivity contribution is 5.88. The molecule has 1 fully saturated rings. The highest BCUT2D eigenvalue weighted by atomic mass is 19.1. The van der Waals surface area contributed by atoms with Gasteiger partial charge in [-0.3, -0.25) is 9.59 Å². The van der Waals surface area contributed by atoms with Gasteiger partial charge in [0.2, 0.25) is 5.91 Å². The zero-order valence-electron chi connectivity index (χ0n) is 20.1. The molecule has 2 aromatic carbocycles. The number of carbonyl (C=O) groups is 2. The summed E-state index contributed by atoms with van der Waals surface area (Å²) in [4.78, 5) is 27.8. The van der Waals surface area contributed by atoms with Crippen LogP contribution in [0.5, 0.6) is 5.75 Å². The fraction of sp³-hybridized carbons (Fsp3) is 0.481. The van der Waals surface area contributed by atoms with E-state index in [2.05, 4.69) is 11.4 Å². The van der Waals surface area contributed by atoms with E-state index < -0.39 is 6.04 Å². The summed E-state index contributed by atoms with van der Waals surface area (Å²) in [5.41, 5.74) is 3.90. The molecule has 1 N–H and O–H groups in total. The number of ether oxygens (including phenoxy) is 1. The second-order valence-electron chi connectivity index (χ2n) is 9.16. The first-order valence-corrected chi connectivity index (χ1v) is 11.8. The van der Waals surface area contributed by atoms with Crippen LogP contribution in [0.15, 0.2) is 36.4 Å². The Labute approximate surface area is 196 Å². The van der Waals surface area contributed by atoms with Gasteiger partial charge in [-0.15, -0.1) is 0 Å². The molecule has 1 saturated carbocycles. The van der Waals surface area contributed by atoms with Crippen LogP contribution in [0, 0.1) is 26.6 Å². The zero-order valence-corrected chi connectivity index (χ0v) is 20.1. The lowest BCUT2D eigenvalue weighted by Crippen LogP contribution is -2.51. The average Bonchev–Trinajstić information content (AvgIpc) is 2.80. The van der Waals surface area contributed by atoms with Crippen molar-refractivity contribution in [1.29, 1.82) is 0 Å². The number of hydrogen-bond acceptors (Lipinski definition) is 3. The summed E-state index contributed by atoms with van der Waals surface area (Å²) in [5.74, 6) is -0.126. The van der Waals surface area contributed by atoms with Crippen molar-refractivity contribution in [3.8, 4) is 5.75 Å². The summed E-state index contributed by atoms with van der Waals surface area (Å²) >= 11 is 0. The first-order chi connectivity index (χ1) is 15.7. The number of rotatable bonds is 8. The summed E-state index contributed by atoms with van der Waals surface area (Å²) in [6.45, 7) is 7.72. The number of amides is 2. The summed E-state index contributed by atoms with van der Waals surface area (Å²) in [6, 6.07) is 9.47. The van der Waals surface area contributed by atoms with Gasteiger partial charge in [0, 0.05) is 12.6 Å². The lowest BCUT2D eigenvalue weighted by atomic mass is 9.95. The van der Waals surface area contributed by atoms with Gasteiger partial charge in [0.15, 0.2) is 6.61 Å². The number of nitrogens with zero attached hydrogens (tertiary/aromatic N) is 1. The van der Waals surface area contributed by atoms with Crippen LogP contribution in [-0.2, 0) is 16.1 Å². The molecule has 0 unspecified atom stereocenters. The Bertz CT molecular complexity index is 968. The quantitative estimate of drug-likeness (QED) is 0.611. The van der Waals surface area contributed by atoms with Crippen molar-refractivity contribution < 1.29 is 18.7 Å². The van der Waals surface area contributed by atoms with Crippen LogP contribution >= 0.6 is 0 Å². The smallest absolute Gasteiger partial charge is 0.261 e. The van der Waals surface area contributed by atoms with Crippen molar-refractivity contribution in [1.82, 2.24) is 10.2 Å². The van der Waals surface area contributed by atoms with E-state index in [4.69, 9.17) is 4.74 Å². The molecule has 33 heavy (non-hydrogen) atoms. The molecule has 3 rings (SSSR count). The Kier molecular flexibility index (Phi) is 8.48. The first-order valence-electron chi connectivity index (χ1n) is 11.8. The van der Waals surface area contributed by atoms with Crippen molar-refractivity contribution >= 4 is 11.8 Å². The minimum atomic E-state index is -0.673. The van der Waals surface area contributed by atoms with E-state index in [1.165, 1.54) is 23.5 Å². The Morgan fingerprint density at radius 2 is 1.76 bits per heavy atom. The summed E-state index contributed by atoms with van der Waals surface area (Å²) in [7, 11) is 0. The second-order valence-corrected chi connectivity index (χ2v) is 9.16. The van der Waals surface area contributed by atoms with Crippen LogP contribution in [0.25, 0.3) is 0 Å². The molecule has 1 aliphatic rings. The molecule has 0 saturated heterocycles. The predicted molar refractivity (Wildman–Crippen MR) is 128 cm³/mol. The van der Waals surface area contributed by atoms with Crippen molar-refractivity contribution in [2.75, 3.05) is 6.61 Å². The van der Waals surface area contributed by atoms with Crippen LogP contribution in [0.1, 0.15) is 61.3 Å². The summed E-state index contributed by atoms with van der Waals surface area (Å²) in [5, 5.41) is 3.11. The molecule has 5 nitrogen and oxygen atoms in total. The Morgan fingerprint density at radius 1 is 1.09 bits per heavy atom. The Balaban J connectivity index is 1.74. The van der Waals surface area contributed by atoms with E-state index in [0.717, 1.165) is 47.9 Å². The second kappa shape index (κ2) is 11.3. The first kappa shape index (κ1) is 24.7. The normalized spacial score (nSPS) is 15.1. The van der Waals surface area contributed by atoms with Crippen molar-refractivity contribution in [3.05, 3.63) is 64.5 Å². The molecule has 1 aliphatic carbocycles. The SMILES string of the molecule is Cc1cc(C)c(C)c(OCC(=O)N(Cc2ccc(F)cc2)[C@H](C)C(=O)NC2CCCCC2)c1. The highest BCUT2D eigenvalue weighted by Gasteiger charge is 2.28. The van der Waals surface area contributed by atoms with Crippen LogP contribution < -0.4 is 10.1 Å². The molecule has 0 radical (unpaired) electrons. The van der Waals surface area contributed by atoms with Gasteiger partial charge in [0.1, 0.15) is 17.6 Å². The lowest BCUT2D eigenvalue weighted by molar-refractivity contribution is -0.142. The molecule has 6 heteroatoms. The van der Waals surface area contributed by atoms with Gasteiger partial charge >= 0.3 is 0 Å². The molecule has 178 valence electrons. The van der Waals surface area contributed by atoms with Gasteiger partial charge in [0.05, 0.1) is 0 Å². The van der Waals surface area contributed by atoms with Crippen molar-refractivity contribution in [3.63, 3.8) is 0 Å². The molecule has 1 atom stereocenters. The maximum Gasteiger partial charge on any atom is 0.261 e. The maximum atomic E-state index is 13.4. The molecule has 0 aliphatic heterocycles. The van der Waals surface area contributed by atoms with Crippen LogP contribution in [0.2, 0.25) is 0 Å². The fourth-order valence-electron chi connectivity index (χ4n) is 4.31. The predicted octanol–water partition coefficient (Wildman–Crippen LogP) is 5.00. The number of hydrogen-bond donors (Lipinski definition) is 1. The Hall–Kier alpha value is -2.89. The van der Waals surface area contributed by atoms with E-state index in [0.29, 0.717) is 5.75 Å². The topological polar surface area (TPSA) is 58.6 Å². The molecule has 0 bridgehead atoms. The van der Waals surface area contributed by atoms with E-state index in [-0.39, 0.29) is 36.8 Å². The zero-order chi connectivity index (χ0) is 24.0. The molecule has 2 amide bonds. The van der Waals surface area contributed by atoms with Gasteiger partial charge in [0.25, 0.3) is 5.91 Å². The van der Waals surface area contributed by atoms with Gasteiger partial charge in [-0.25, -0.2) is 4.39 Å². The standard InChI is InChI=1S/C27H35FN2O3/c1-18-14-19(2)20(3)25(15-18)33-17-26(31)30(16-22-10-12-23(28)13-11-22)21(4)27(32)29-24-8-6-5-7-9-24/h10-15,21,24H,5-9,16-17H2,1-4H3,(H,29,32)/t21-/m1/s1. The Morgan fingerprint density at radius 3 is 2.42 bits per heavy atom. The third-order valence-corrected chi connectivity index (χ3v) is 6.50. The maximum absolute atomic E-state index is 13.4. The number of halogens is 1. The van der Waals surface area contributed by atoms with E-state index in [1.54, 1.807) is 19.1 Å². The van der Waals surface area contributed by atoms with Gasteiger partial charge < -0.3 is 15.0 Å². The lowest BCUT2D eigenvalue weighted by Gasteiger charge is -2.31. The summed E-state index contributed by atoms with van der Waals surface area (Å²) in [6.07, 6.45) is 5.37. The van der Waals surface area contributed by atoms with Gasteiger partial charge in [-0.1, -0.05) is 37.5 Å². The molecular weight excluding hydrogens is 419 g/mol. The average molecular weight is 455 g/mol. The van der Waals surface area contributed by atoms with Crippen LogP contribution in [0.3, 0.4) is 0 Å². The van der Waals surface area contributed by atoms with Crippen molar-refractivity contribution in [2.24, 2.45) is 0 Å². The monoisotopic (exact) mass is 454 g/mol. The van der Waals surface area contributed by atoms with Crippen molar-refractivity contribution in [2.45, 2.75) is 78.4 Å². The molecule has 2 aromatic rings. The van der Waals surface area contributed by atoms with Gasteiger partial charge in [-0.2, -0.15) is 0 Å². The van der Waals surface area contributed by atoms with Gasteiger partial charge in [-0.05, 0) is 81.0 Å². The summed E-state index contributed by atoms with van der Waals surface area (Å²) < 4.78 is 19.3. The number of nitrogens with one attached hydrogen (secondary N) is 1. The molecule has 0 aromatic heterocycles. The van der Waals surface area contributed by atoms with E-state index in [1.807, 2.05) is 26.8 Å². The van der Waals surface area contributed by atoms with E-state index >= 15 is 0 Å². The molecule has 0 heterocycles. The molecular formula is C27H35FN2O3. The van der Waals surface area contributed by atoms with E-state index in [9.17, 15) is 14.0 Å². The molecule has 0 spiro atoms. The third kappa shape index (κ3) is 6.80. The van der Waals surface area contributed by atoms with Crippen LogP contribution in [-0.4, -0.2) is 35.4 Å². The van der Waals surface area contributed by atoms with Crippen LogP contribution in [0.4, 0.5) is 4.39 Å². The third-order valence-electron chi connectivity index (χ3n) is 6.50. The minimum Gasteiger partial charge on any atom is -0.483 e.